The third-order valence-electron chi connectivity index (χ3n) is 14.3. The number of ether oxygens (including phenoxy) is 1. The molecule has 3 aliphatic rings. The first-order chi connectivity index (χ1) is 38.7. The fourth-order valence-corrected chi connectivity index (χ4v) is 10.1. The van der Waals surface area contributed by atoms with Crippen molar-refractivity contribution in [2.24, 2.45) is 0 Å². The molecule has 3 aliphatic heterocycles. The van der Waals surface area contributed by atoms with Crippen LogP contribution in [-0.4, -0.2) is 30.1 Å². The summed E-state index contributed by atoms with van der Waals surface area (Å²) in [6.45, 7) is 15.1. The second kappa shape index (κ2) is 25.2. The summed E-state index contributed by atoms with van der Waals surface area (Å²) in [5.74, 6) is 1.14. The van der Waals surface area contributed by atoms with Gasteiger partial charge in [0, 0.05) is 86.8 Å². The molecule has 2 aromatic heterocycles. The fraction of sp³-hybridized carbons (Fsp3) is 0.129. The minimum absolute atomic E-state index is 0. The van der Waals surface area contributed by atoms with Crippen molar-refractivity contribution in [1.82, 2.24) is 9.97 Å². The van der Waals surface area contributed by atoms with E-state index in [1.54, 1.807) is 0 Å². The topological polar surface area (TPSA) is 54.5 Å². The Labute approximate surface area is 505 Å². The molecular formula is C70H58IrN8OPt-8. The number of rotatable bonds is 13. The molecule has 5 heterocycles. The second-order valence-corrected chi connectivity index (χ2v) is 20.7. The van der Waals surface area contributed by atoms with Crippen molar-refractivity contribution >= 4 is 51.2 Å². The number of para-hydroxylation sites is 8. The molecule has 1 radical (unpaired) electrons. The SMILES string of the molecule is CN1[CH-]N(c2[c-]c(Oc3[c-]c(-c4[c-]cc(-c5ccccc5)cn4)ncc3-c3ccccc3)cc(C(C)(C)C)c2)c2ccccc21.[Ir].[Pt].[c-]1ccccc1N1[CH-]N(CCCCN2[CH-]N(c3[c-]cccc3)c3ccccc32)c2ccccc21. The molecular weight excluding hydrogens is 1360 g/mol. The van der Waals surface area contributed by atoms with Gasteiger partial charge in [0.25, 0.3) is 0 Å². The van der Waals surface area contributed by atoms with Crippen LogP contribution in [0.4, 0.5) is 51.2 Å². The van der Waals surface area contributed by atoms with Gasteiger partial charge in [-0.15, -0.1) is 52.2 Å². The molecule has 0 saturated carbocycles. The summed E-state index contributed by atoms with van der Waals surface area (Å²) in [7, 11) is 2.06. The summed E-state index contributed by atoms with van der Waals surface area (Å²) in [5, 5.41) is 0. The number of aromatic nitrogens is 2. The molecule has 13 rings (SSSR count). The molecule has 81 heavy (non-hydrogen) atoms. The number of nitrogens with zero attached hydrogens (tertiary/aromatic N) is 8. The van der Waals surface area contributed by atoms with Gasteiger partial charge in [0.15, 0.2) is 0 Å². The molecule has 0 unspecified atom stereocenters. The standard InChI is InChI=1S/C40H32N4O.C30H26N4.Ir.Pt/c1-40(2,3)31-21-32(44-27-43(4)37-17-11-12-18-38(37)44)23-33(22-31)45-39-24-36(42-26-34(39)29-15-9-6-10-16-29)35-20-19-30(25-41-35)28-13-7-5-8-14-28;1-3-13-25(14-4-1)33-23-31(27-17-7-9-19-29(27)33)21-11-12-22-32-24-34(26-15-5-2-6-16-26)30-20-10-8-18-28(30)32;;/h5-19,21-22,25-27H,1-4H3;1-10,13,15,17-20,23-24H,11-12,21-22H2;;/q2*-4;;. The van der Waals surface area contributed by atoms with E-state index in [1.165, 1.54) is 22.7 Å². The summed E-state index contributed by atoms with van der Waals surface area (Å²) in [6.07, 6.45) is 5.87. The Morgan fingerprint density at radius 1 is 0.481 bits per heavy atom. The van der Waals surface area contributed by atoms with E-state index in [4.69, 9.17) is 9.72 Å². The van der Waals surface area contributed by atoms with Gasteiger partial charge in [-0.2, -0.15) is 92.8 Å². The van der Waals surface area contributed by atoms with Crippen molar-refractivity contribution < 1.29 is 45.9 Å². The maximum Gasteiger partial charge on any atom is 0.0326 e. The van der Waals surface area contributed by atoms with Crippen LogP contribution in [0, 0.1) is 50.3 Å². The van der Waals surface area contributed by atoms with E-state index in [2.05, 4.69) is 234 Å². The van der Waals surface area contributed by atoms with Crippen molar-refractivity contribution in [3.8, 4) is 45.1 Å². The predicted octanol–water partition coefficient (Wildman–Crippen LogP) is 16.6. The average Bonchev–Trinajstić information content (AvgIpc) is 4.25. The molecule has 0 aliphatic carbocycles. The molecule has 0 N–H and O–H groups in total. The summed E-state index contributed by atoms with van der Waals surface area (Å²) in [5.41, 5.74) is 16.2. The molecule has 0 bridgehead atoms. The van der Waals surface area contributed by atoms with Gasteiger partial charge in [-0.3, -0.25) is 0 Å². The third kappa shape index (κ3) is 12.4. The fourth-order valence-electron chi connectivity index (χ4n) is 10.1. The minimum Gasteiger partial charge on any atom is -0.509 e. The monoisotopic (exact) mass is 1410 g/mol. The van der Waals surface area contributed by atoms with E-state index in [0.717, 1.165) is 82.2 Å². The van der Waals surface area contributed by atoms with Crippen LogP contribution in [0.5, 0.6) is 11.5 Å². The summed E-state index contributed by atoms with van der Waals surface area (Å²) in [4.78, 5) is 22.9. The Hall–Kier alpha value is -8.00. The molecule has 10 aromatic rings. The summed E-state index contributed by atoms with van der Waals surface area (Å²) in [6, 6.07) is 85.3. The number of anilines is 9. The van der Waals surface area contributed by atoms with Crippen LogP contribution in [0.2, 0.25) is 0 Å². The molecule has 0 fully saturated rings. The maximum atomic E-state index is 6.72. The zero-order chi connectivity index (χ0) is 53.7. The van der Waals surface area contributed by atoms with E-state index < -0.39 is 0 Å². The molecule has 0 saturated heterocycles. The van der Waals surface area contributed by atoms with Gasteiger partial charge in [-0.1, -0.05) is 140 Å². The second-order valence-electron chi connectivity index (χ2n) is 20.7. The molecule has 0 spiro atoms. The number of fused-ring (bicyclic) bond motifs is 3. The first kappa shape index (κ1) is 56.3. The van der Waals surface area contributed by atoms with Crippen LogP contribution in [0.3, 0.4) is 0 Å². The first-order valence-corrected chi connectivity index (χ1v) is 26.8. The number of pyridine rings is 2. The van der Waals surface area contributed by atoms with Crippen LogP contribution < -0.4 is 34.1 Å². The van der Waals surface area contributed by atoms with E-state index in [1.807, 2.05) is 91.3 Å². The number of hydrogen-bond donors (Lipinski definition) is 0. The number of unbranched alkanes of at least 4 members (excludes halogenated alkanes) is 1. The van der Waals surface area contributed by atoms with Gasteiger partial charge in [-0.05, 0) is 87.2 Å². The predicted molar refractivity (Wildman–Crippen MR) is 322 cm³/mol. The van der Waals surface area contributed by atoms with Crippen LogP contribution in [0.1, 0.15) is 39.2 Å². The van der Waals surface area contributed by atoms with E-state index in [9.17, 15) is 0 Å². The summed E-state index contributed by atoms with van der Waals surface area (Å²) >= 11 is 0. The zero-order valence-electron chi connectivity index (χ0n) is 45.4. The number of hydrogen-bond acceptors (Lipinski definition) is 9. The minimum atomic E-state index is -0.123. The number of benzene rings is 8. The Bertz CT molecular complexity index is 3580. The quantitative estimate of drug-likeness (QED) is 0.0830. The van der Waals surface area contributed by atoms with E-state index >= 15 is 0 Å². The van der Waals surface area contributed by atoms with Crippen molar-refractivity contribution in [3.63, 3.8) is 0 Å². The smallest absolute Gasteiger partial charge is 0.0326 e. The van der Waals surface area contributed by atoms with E-state index in [-0.39, 0.29) is 46.6 Å². The van der Waals surface area contributed by atoms with Gasteiger partial charge < -0.3 is 44.1 Å². The largest absolute Gasteiger partial charge is 0.509 e. The van der Waals surface area contributed by atoms with Crippen LogP contribution in [-0.2, 0) is 46.6 Å². The Morgan fingerprint density at radius 3 is 1.51 bits per heavy atom. The van der Waals surface area contributed by atoms with Gasteiger partial charge in [0.05, 0.1) is 0 Å². The van der Waals surface area contributed by atoms with Gasteiger partial charge >= 0.3 is 0 Å². The van der Waals surface area contributed by atoms with Crippen LogP contribution in [0.15, 0.2) is 213 Å². The van der Waals surface area contributed by atoms with Gasteiger partial charge in [-0.25, -0.2) is 6.07 Å². The third-order valence-corrected chi connectivity index (χ3v) is 14.3. The Morgan fingerprint density at radius 2 is 0.975 bits per heavy atom. The first-order valence-electron chi connectivity index (χ1n) is 26.8. The Kier molecular flexibility index (Phi) is 17.5. The van der Waals surface area contributed by atoms with Gasteiger partial charge in [0.1, 0.15) is 0 Å². The Balaban J connectivity index is 0.000000184. The van der Waals surface area contributed by atoms with Crippen LogP contribution in [0.25, 0.3) is 33.6 Å². The molecule has 411 valence electrons. The van der Waals surface area contributed by atoms with Crippen molar-refractivity contribution in [1.29, 1.82) is 0 Å². The molecule has 11 heteroatoms. The van der Waals surface area contributed by atoms with E-state index in [0.29, 0.717) is 22.9 Å². The molecule has 0 amide bonds. The van der Waals surface area contributed by atoms with Crippen molar-refractivity contribution in [2.45, 2.75) is 39.0 Å². The molecule has 9 nitrogen and oxygen atoms in total. The van der Waals surface area contributed by atoms with Gasteiger partial charge in [0.2, 0.25) is 0 Å². The van der Waals surface area contributed by atoms with Crippen molar-refractivity contribution in [3.05, 3.63) is 268 Å². The van der Waals surface area contributed by atoms with Crippen LogP contribution >= 0.6 is 0 Å². The average molecular weight is 1410 g/mol. The zero-order valence-corrected chi connectivity index (χ0v) is 50.1. The molecule has 8 aromatic carbocycles. The maximum absolute atomic E-state index is 6.72. The summed E-state index contributed by atoms with van der Waals surface area (Å²) < 4.78 is 6.72. The normalized spacial score (nSPS) is 13.1. The van der Waals surface area contributed by atoms with Crippen molar-refractivity contribution in [2.75, 3.05) is 49.5 Å². The molecule has 0 atom stereocenters.